The molecule has 11 heteroatoms. The lowest BCUT2D eigenvalue weighted by molar-refractivity contribution is -0.113. The summed E-state index contributed by atoms with van der Waals surface area (Å²) in [4.78, 5) is 16.2. The highest BCUT2D eigenvalue weighted by atomic mass is 35.5. The number of hydrogen-bond acceptors (Lipinski definition) is 6. The zero-order valence-corrected chi connectivity index (χ0v) is 17.5. The van der Waals surface area contributed by atoms with Gasteiger partial charge in [-0.05, 0) is 48.9 Å². The summed E-state index contributed by atoms with van der Waals surface area (Å²) < 4.78 is 52.0. The number of carbonyl (C=O) groups excluding carboxylic acids is 1. The van der Waals surface area contributed by atoms with E-state index >= 15 is 0 Å². The molecule has 0 bridgehead atoms. The van der Waals surface area contributed by atoms with Crippen LogP contribution in [0.15, 0.2) is 63.3 Å². The first-order valence-corrected chi connectivity index (χ1v) is 12.1. The Morgan fingerprint density at radius 1 is 1.03 bits per heavy atom. The molecule has 3 rings (SSSR count). The summed E-state index contributed by atoms with van der Waals surface area (Å²) in [5.74, 6) is -1.18. The van der Waals surface area contributed by atoms with Crippen molar-refractivity contribution >= 4 is 48.9 Å². The molecule has 0 saturated carbocycles. The van der Waals surface area contributed by atoms with Crippen LogP contribution in [0.25, 0.3) is 0 Å². The second-order valence-corrected chi connectivity index (χ2v) is 10.4. The van der Waals surface area contributed by atoms with Gasteiger partial charge in [0.2, 0.25) is 5.91 Å². The van der Waals surface area contributed by atoms with Crippen molar-refractivity contribution in [3.8, 4) is 0 Å². The number of hydrogen-bond donors (Lipinski definition) is 2. The number of sulfone groups is 1. The average molecular weight is 456 g/mol. The number of sulfonamides is 1. The number of halogens is 1. The lowest BCUT2D eigenvalue weighted by Gasteiger charge is -2.10. The van der Waals surface area contributed by atoms with E-state index in [-0.39, 0.29) is 15.5 Å². The van der Waals surface area contributed by atoms with Crippen molar-refractivity contribution in [2.24, 2.45) is 4.99 Å². The predicted molar refractivity (Wildman–Crippen MR) is 110 cm³/mol. The van der Waals surface area contributed by atoms with Crippen LogP contribution < -0.4 is 10.0 Å². The van der Waals surface area contributed by atoms with Crippen molar-refractivity contribution in [3.63, 3.8) is 0 Å². The van der Waals surface area contributed by atoms with E-state index < -0.39 is 31.5 Å². The second kappa shape index (κ2) is 8.52. The molecule has 0 spiro atoms. The zero-order valence-electron chi connectivity index (χ0n) is 15.1. The molecule has 8 nitrogen and oxygen atoms in total. The van der Waals surface area contributed by atoms with E-state index in [1.165, 1.54) is 48.5 Å². The third-order valence-electron chi connectivity index (χ3n) is 4.05. The number of amidine groups is 1. The first kappa shape index (κ1) is 21.3. The number of rotatable bonds is 6. The first-order chi connectivity index (χ1) is 13.7. The van der Waals surface area contributed by atoms with E-state index in [2.05, 4.69) is 15.0 Å². The van der Waals surface area contributed by atoms with Gasteiger partial charge in [0.25, 0.3) is 10.0 Å². The molecule has 1 aliphatic rings. The fourth-order valence-corrected chi connectivity index (χ4v) is 5.07. The first-order valence-electron chi connectivity index (χ1n) is 8.60. The van der Waals surface area contributed by atoms with E-state index in [4.69, 9.17) is 11.6 Å². The molecule has 0 aliphatic carbocycles. The van der Waals surface area contributed by atoms with Crippen molar-refractivity contribution in [1.82, 2.24) is 4.72 Å². The summed E-state index contributed by atoms with van der Waals surface area (Å²) in [5, 5.41) is 2.80. The van der Waals surface area contributed by atoms with Crippen LogP contribution >= 0.6 is 11.6 Å². The molecular formula is C18H18ClN3O5S2. The Bertz CT molecular complexity index is 1160. The van der Waals surface area contributed by atoms with Crippen LogP contribution in [0.4, 0.5) is 5.69 Å². The van der Waals surface area contributed by atoms with Gasteiger partial charge in [-0.3, -0.25) is 14.5 Å². The van der Waals surface area contributed by atoms with Gasteiger partial charge >= 0.3 is 0 Å². The standard InChI is InChI=1S/C18H18ClN3O5S2/c19-13-6-8-15(9-7-13)28(24,25)12-18(23)21-14-3-1-4-16(11-14)29(26,27)22-17-5-2-10-20-17/h1,3-4,6-9,11H,2,5,10,12H2,(H,20,22)(H,21,23). The van der Waals surface area contributed by atoms with Crippen LogP contribution in [-0.2, 0) is 24.7 Å². The molecular weight excluding hydrogens is 438 g/mol. The average Bonchev–Trinajstić information content (AvgIpc) is 3.14. The fourth-order valence-electron chi connectivity index (χ4n) is 2.67. The fraction of sp³-hybridized carbons (Fsp3) is 0.222. The lowest BCUT2D eigenvalue weighted by Crippen LogP contribution is -2.29. The van der Waals surface area contributed by atoms with Crippen molar-refractivity contribution in [2.75, 3.05) is 17.6 Å². The van der Waals surface area contributed by atoms with E-state index in [9.17, 15) is 21.6 Å². The molecule has 0 unspecified atom stereocenters. The molecule has 1 heterocycles. The highest BCUT2D eigenvalue weighted by Gasteiger charge is 2.21. The van der Waals surface area contributed by atoms with E-state index in [1.54, 1.807) is 0 Å². The number of amides is 1. The van der Waals surface area contributed by atoms with E-state index in [0.717, 1.165) is 6.42 Å². The van der Waals surface area contributed by atoms with Crippen molar-refractivity contribution < 1.29 is 21.6 Å². The van der Waals surface area contributed by atoms with Gasteiger partial charge in [-0.25, -0.2) is 16.8 Å². The van der Waals surface area contributed by atoms with Gasteiger partial charge in [-0.1, -0.05) is 17.7 Å². The minimum absolute atomic E-state index is 0.0325. The van der Waals surface area contributed by atoms with Crippen LogP contribution in [0, 0.1) is 0 Å². The second-order valence-electron chi connectivity index (χ2n) is 6.33. The Hall–Kier alpha value is -2.43. The van der Waals surface area contributed by atoms with Crippen LogP contribution in [-0.4, -0.2) is 40.9 Å². The van der Waals surface area contributed by atoms with Crippen molar-refractivity contribution in [3.05, 3.63) is 53.6 Å². The van der Waals surface area contributed by atoms with Gasteiger partial charge in [0.05, 0.1) is 9.79 Å². The summed E-state index contributed by atoms with van der Waals surface area (Å²) in [7, 11) is -7.71. The van der Waals surface area contributed by atoms with Crippen LogP contribution in [0.1, 0.15) is 12.8 Å². The molecule has 29 heavy (non-hydrogen) atoms. The Labute approximate surface area is 174 Å². The summed E-state index contributed by atoms with van der Waals surface area (Å²) in [6, 6.07) is 11.0. The van der Waals surface area contributed by atoms with Gasteiger partial charge in [0.1, 0.15) is 11.6 Å². The number of carbonyl (C=O) groups is 1. The normalized spacial score (nSPS) is 14.3. The minimum atomic E-state index is -3.87. The molecule has 0 atom stereocenters. The molecule has 2 aromatic rings. The van der Waals surface area contributed by atoms with Gasteiger partial charge < -0.3 is 5.32 Å². The lowest BCUT2D eigenvalue weighted by atomic mass is 10.3. The Morgan fingerprint density at radius 3 is 2.41 bits per heavy atom. The van der Waals surface area contributed by atoms with Gasteiger partial charge in [-0.15, -0.1) is 0 Å². The van der Waals surface area contributed by atoms with Crippen molar-refractivity contribution in [1.29, 1.82) is 0 Å². The van der Waals surface area contributed by atoms with Crippen LogP contribution in [0.5, 0.6) is 0 Å². The molecule has 0 saturated heterocycles. The molecule has 0 aromatic heterocycles. The Kier molecular flexibility index (Phi) is 6.25. The molecule has 2 N–H and O–H groups in total. The highest BCUT2D eigenvalue weighted by Crippen LogP contribution is 2.18. The molecule has 0 radical (unpaired) electrons. The monoisotopic (exact) mass is 455 g/mol. The number of nitrogens with zero attached hydrogens (tertiary/aromatic N) is 1. The maximum absolute atomic E-state index is 12.5. The number of anilines is 1. The third-order valence-corrected chi connectivity index (χ3v) is 7.31. The van der Waals surface area contributed by atoms with Crippen LogP contribution in [0.2, 0.25) is 5.02 Å². The quantitative estimate of drug-likeness (QED) is 0.691. The SMILES string of the molecule is O=C(CS(=O)(=O)c1ccc(Cl)cc1)Nc1cccc(S(=O)(=O)NC2=NCCC2)c1. The van der Waals surface area contributed by atoms with Gasteiger partial charge in [0.15, 0.2) is 9.84 Å². The largest absolute Gasteiger partial charge is 0.325 e. The zero-order chi connectivity index (χ0) is 21.1. The maximum Gasteiger partial charge on any atom is 0.262 e. The van der Waals surface area contributed by atoms with Gasteiger partial charge in [0, 0.05) is 23.7 Å². The molecule has 1 amide bonds. The van der Waals surface area contributed by atoms with E-state index in [0.29, 0.717) is 23.8 Å². The van der Waals surface area contributed by atoms with E-state index in [1.807, 2.05) is 0 Å². The van der Waals surface area contributed by atoms with Crippen LogP contribution in [0.3, 0.4) is 0 Å². The molecule has 2 aromatic carbocycles. The Balaban J connectivity index is 1.71. The number of nitrogens with one attached hydrogen (secondary N) is 2. The smallest absolute Gasteiger partial charge is 0.262 e. The molecule has 154 valence electrons. The molecule has 0 fully saturated rings. The number of benzene rings is 2. The predicted octanol–water partition coefficient (Wildman–Crippen LogP) is 2.22. The summed E-state index contributed by atoms with van der Waals surface area (Å²) in [6.07, 6.45) is 1.34. The molecule has 1 aliphatic heterocycles. The summed E-state index contributed by atoms with van der Waals surface area (Å²) in [6.45, 7) is 0.579. The third kappa shape index (κ3) is 5.55. The summed E-state index contributed by atoms with van der Waals surface area (Å²) in [5.41, 5.74) is 0.164. The summed E-state index contributed by atoms with van der Waals surface area (Å²) >= 11 is 5.74. The minimum Gasteiger partial charge on any atom is -0.325 e. The number of aliphatic imine (C=N–C) groups is 1. The van der Waals surface area contributed by atoms with Gasteiger partial charge in [-0.2, -0.15) is 0 Å². The maximum atomic E-state index is 12.5. The Morgan fingerprint density at radius 2 is 1.76 bits per heavy atom. The van der Waals surface area contributed by atoms with Crippen molar-refractivity contribution in [2.45, 2.75) is 22.6 Å². The highest BCUT2D eigenvalue weighted by molar-refractivity contribution is 7.92. The topological polar surface area (TPSA) is 122 Å².